The maximum absolute atomic E-state index is 12.5. The normalized spacial score (nSPS) is 10.8. The SMILES string of the molecule is O=C(Nc1ccnc2[nH]ncc12)c1cccc(-c2cccs2)c1. The summed E-state index contributed by atoms with van der Waals surface area (Å²) in [6.07, 6.45) is 3.29. The lowest BCUT2D eigenvalue weighted by molar-refractivity contribution is 0.102. The number of aromatic amines is 1. The van der Waals surface area contributed by atoms with E-state index in [1.807, 2.05) is 35.7 Å². The van der Waals surface area contributed by atoms with E-state index < -0.39 is 0 Å². The molecule has 4 aromatic rings. The van der Waals surface area contributed by atoms with E-state index in [4.69, 9.17) is 0 Å². The van der Waals surface area contributed by atoms with Gasteiger partial charge in [-0.2, -0.15) is 5.10 Å². The third-order valence-corrected chi connectivity index (χ3v) is 4.45. The lowest BCUT2D eigenvalue weighted by atomic mass is 10.1. The fourth-order valence-electron chi connectivity index (χ4n) is 2.41. The van der Waals surface area contributed by atoms with Crippen LogP contribution in [-0.2, 0) is 0 Å². The Balaban J connectivity index is 1.65. The van der Waals surface area contributed by atoms with Crippen molar-refractivity contribution < 1.29 is 4.79 Å². The summed E-state index contributed by atoms with van der Waals surface area (Å²) in [5, 5.41) is 12.5. The molecule has 0 saturated carbocycles. The fraction of sp³-hybridized carbons (Fsp3) is 0. The molecule has 0 atom stereocenters. The number of benzene rings is 1. The quantitative estimate of drug-likeness (QED) is 0.600. The second kappa shape index (κ2) is 5.66. The van der Waals surface area contributed by atoms with Gasteiger partial charge in [-0.1, -0.05) is 18.2 Å². The molecule has 3 heterocycles. The van der Waals surface area contributed by atoms with E-state index >= 15 is 0 Å². The van der Waals surface area contributed by atoms with Crippen LogP contribution in [0.5, 0.6) is 0 Å². The molecular weight excluding hydrogens is 308 g/mol. The molecule has 5 nitrogen and oxygen atoms in total. The Morgan fingerprint density at radius 2 is 2.13 bits per heavy atom. The number of hydrogen-bond acceptors (Lipinski definition) is 4. The first kappa shape index (κ1) is 13.7. The van der Waals surface area contributed by atoms with Gasteiger partial charge in [0.1, 0.15) is 0 Å². The van der Waals surface area contributed by atoms with Crippen molar-refractivity contribution in [2.45, 2.75) is 0 Å². The van der Waals surface area contributed by atoms with Gasteiger partial charge in [-0.25, -0.2) is 4.98 Å². The van der Waals surface area contributed by atoms with E-state index in [1.165, 1.54) is 0 Å². The van der Waals surface area contributed by atoms with Crippen LogP contribution in [0.4, 0.5) is 5.69 Å². The number of carbonyl (C=O) groups excluding carboxylic acids is 1. The van der Waals surface area contributed by atoms with Gasteiger partial charge in [0.05, 0.1) is 17.3 Å². The topological polar surface area (TPSA) is 70.7 Å². The second-order valence-corrected chi connectivity index (χ2v) is 5.95. The summed E-state index contributed by atoms with van der Waals surface area (Å²) in [5.74, 6) is -0.155. The molecule has 0 saturated heterocycles. The van der Waals surface area contributed by atoms with Crippen molar-refractivity contribution in [1.29, 1.82) is 0 Å². The Hall–Kier alpha value is -2.99. The maximum Gasteiger partial charge on any atom is 0.255 e. The Labute approximate surface area is 136 Å². The molecule has 4 rings (SSSR count). The molecule has 0 aliphatic carbocycles. The van der Waals surface area contributed by atoms with Crippen molar-refractivity contribution in [3.63, 3.8) is 0 Å². The average Bonchev–Trinajstić information content (AvgIpc) is 3.27. The van der Waals surface area contributed by atoms with Gasteiger partial charge in [0.15, 0.2) is 5.65 Å². The highest BCUT2D eigenvalue weighted by molar-refractivity contribution is 7.13. The van der Waals surface area contributed by atoms with E-state index in [-0.39, 0.29) is 5.91 Å². The monoisotopic (exact) mass is 320 g/mol. The zero-order chi connectivity index (χ0) is 15.6. The van der Waals surface area contributed by atoms with E-state index in [0.717, 1.165) is 15.8 Å². The van der Waals surface area contributed by atoms with Crippen molar-refractivity contribution >= 4 is 34.0 Å². The highest BCUT2D eigenvalue weighted by Crippen LogP contribution is 2.26. The van der Waals surface area contributed by atoms with Gasteiger partial charge in [0.2, 0.25) is 0 Å². The number of aromatic nitrogens is 3. The summed E-state index contributed by atoms with van der Waals surface area (Å²) in [6, 6.07) is 13.4. The molecule has 1 aromatic carbocycles. The molecule has 0 unspecified atom stereocenters. The molecule has 0 aliphatic rings. The fourth-order valence-corrected chi connectivity index (χ4v) is 3.13. The first-order valence-electron chi connectivity index (χ1n) is 7.04. The Bertz CT molecular complexity index is 975. The van der Waals surface area contributed by atoms with Crippen molar-refractivity contribution in [1.82, 2.24) is 15.2 Å². The van der Waals surface area contributed by atoms with Crippen LogP contribution in [0.15, 0.2) is 60.2 Å². The summed E-state index contributed by atoms with van der Waals surface area (Å²) in [5.41, 5.74) is 2.99. The van der Waals surface area contributed by atoms with Crippen molar-refractivity contribution in [2.24, 2.45) is 0 Å². The van der Waals surface area contributed by atoms with Crippen LogP contribution in [0.3, 0.4) is 0 Å². The molecule has 6 heteroatoms. The molecule has 0 fully saturated rings. The minimum Gasteiger partial charge on any atom is -0.321 e. The molecule has 3 aromatic heterocycles. The minimum atomic E-state index is -0.155. The number of amides is 1. The number of nitrogens with one attached hydrogen (secondary N) is 2. The Kier molecular flexibility index (Phi) is 3.36. The van der Waals surface area contributed by atoms with Crippen molar-refractivity contribution in [2.75, 3.05) is 5.32 Å². The zero-order valence-corrected chi connectivity index (χ0v) is 12.8. The summed E-state index contributed by atoms with van der Waals surface area (Å²) in [4.78, 5) is 17.8. The molecule has 0 bridgehead atoms. The number of rotatable bonds is 3. The first-order valence-corrected chi connectivity index (χ1v) is 7.92. The van der Waals surface area contributed by atoms with E-state index in [9.17, 15) is 4.79 Å². The summed E-state index contributed by atoms with van der Waals surface area (Å²) < 4.78 is 0. The van der Waals surface area contributed by atoms with Crippen LogP contribution in [0, 0.1) is 0 Å². The molecular formula is C17H12N4OS. The summed E-state index contributed by atoms with van der Waals surface area (Å²) >= 11 is 1.65. The van der Waals surface area contributed by atoms with E-state index in [1.54, 1.807) is 35.9 Å². The number of nitrogens with zero attached hydrogens (tertiary/aromatic N) is 2. The lowest BCUT2D eigenvalue weighted by Crippen LogP contribution is -2.12. The van der Waals surface area contributed by atoms with Crippen LogP contribution in [0.2, 0.25) is 0 Å². The van der Waals surface area contributed by atoms with Crippen LogP contribution in [0.1, 0.15) is 10.4 Å². The van der Waals surface area contributed by atoms with Gasteiger partial charge in [0, 0.05) is 16.6 Å². The van der Waals surface area contributed by atoms with Gasteiger partial charge >= 0.3 is 0 Å². The van der Waals surface area contributed by atoms with Crippen LogP contribution in [-0.4, -0.2) is 21.1 Å². The lowest BCUT2D eigenvalue weighted by Gasteiger charge is -2.07. The first-order chi connectivity index (χ1) is 11.3. The number of fused-ring (bicyclic) bond motifs is 1. The molecule has 112 valence electrons. The second-order valence-electron chi connectivity index (χ2n) is 5.00. The van der Waals surface area contributed by atoms with Crippen LogP contribution < -0.4 is 5.32 Å². The molecule has 23 heavy (non-hydrogen) atoms. The summed E-state index contributed by atoms with van der Waals surface area (Å²) in [7, 11) is 0. The van der Waals surface area contributed by atoms with Gasteiger partial charge < -0.3 is 5.32 Å². The number of thiophene rings is 1. The maximum atomic E-state index is 12.5. The van der Waals surface area contributed by atoms with Crippen LogP contribution in [0.25, 0.3) is 21.5 Å². The number of hydrogen-bond donors (Lipinski definition) is 2. The molecule has 0 spiro atoms. The smallest absolute Gasteiger partial charge is 0.255 e. The Morgan fingerprint density at radius 1 is 1.17 bits per heavy atom. The predicted octanol–water partition coefficient (Wildman–Crippen LogP) is 3.94. The van der Waals surface area contributed by atoms with Crippen molar-refractivity contribution in [3.05, 3.63) is 65.8 Å². The zero-order valence-electron chi connectivity index (χ0n) is 12.0. The number of carbonyl (C=O) groups is 1. The largest absolute Gasteiger partial charge is 0.321 e. The van der Waals surface area contributed by atoms with Gasteiger partial charge in [0.25, 0.3) is 5.91 Å². The molecule has 2 N–H and O–H groups in total. The van der Waals surface area contributed by atoms with Gasteiger partial charge in [-0.15, -0.1) is 11.3 Å². The third-order valence-electron chi connectivity index (χ3n) is 3.53. The van der Waals surface area contributed by atoms with E-state index in [2.05, 4.69) is 20.5 Å². The van der Waals surface area contributed by atoms with Gasteiger partial charge in [-0.05, 0) is 35.2 Å². The van der Waals surface area contributed by atoms with Crippen LogP contribution >= 0.6 is 11.3 Å². The Morgan fingerprint density at radius 3 is 3.00 bits per heavy atom. The van der Waals surface area contributed by atoms with Gasteiger partial charge in [-0.3, -0.25) is 9.89 Å². The number of anilines is 1. The highest BCUT2D eigenvalue weighted by Gasteiger charge is 2.11. The average molecular weight is 320 g/mol. The highest BCUT2D eigenvalue weighted by atomic mass is 32.1. The standard InChI is InChI=1S/C17H12N4OS/c22-17(20-14-6-7-18-16-13(14)10-19-21-16)12-4-1-3-11(9-12)15-5-2-8-23-15/h1-10H,(H2,18,19,20,21,22). The molecule has 1 amide bonds. The third kappa shape index (κ3) is 2.60. The number of pyridine rings is 1. The van der Waals surface area contributed by atoms with E-state index in [0.29, 0.717) is 16.9 Å². The minimum absolute atomic E-state index is 0.155. The number of H-pyrrole nitrogens is 1. The molecule has 0 aliphatic heterocycles. The predicted molar refractivity (Wildman–Crippen MR) is 91.6 cm³/mol. The van der Waals surface area contributed by atoms with Crippen molar-refractivity contribution in [3.8, 4) is 10.4 Å². The molecule has 0 radical (unpaired) electrons. The summed E-state index contributed by atoms with van der Waals surface area (Å²) in [6.45, 7) is 0.